The van der Waals surface area contributed by atoms with Gasteiger partial charge >= 0.3 is 5.97 Å². The number of nitrogens with one attached hydrogen (secondary N) is 2. The molecule has 0 unspecified atom stereocenters. The lowest BCUT2D eigenvalue weighted by atomic mass is 10.2. The molecule has 0 saturated carbocycles. The van der Waals surface area contributed by atoms with E-state index in [1.807, 2.05) is 19.1 Å². The number of methoxy groups -OCH3 is 1. The van der Waals surface area contributed by atoms with Gasteiger partial charge in [0.2, 0.25) is 0 Å². The van der Waals surface area contributed by atoms with Gasteiger partial charge in [0.05, 0.1) is 18.3 Å². The third-order valence-electron chi connectivity index (χ3n) is 4.01. The molecule has 0 aliphatic carbocycles. The Morgan fingerprint density at radius 3 is 2.77 bits per heavy atom. The maximum absolute atomic E-state index is 12.6. The van der Waals surface area contributed by atoms with Crippen LogP contribution in [0.3, 0.4) is 0 Å². The van der Waals surface area contributed by atoms with Gasteiger partial charge in [-0.3, -0.25) is 14.5 Å². The Labute approximate surface area is 176 Å². The van der Waals surface area contributed by atoms with Crippen molar-refractivity contribution in [2.45, 2.75) is 6.92 Å². The molecule has 0 spiro atoms. The lowest BCUT2D eigenvalue weighted by Gasteiger charge is -2.12. The van der Waals surface area contributed by atoms with Crippen molar-refractivity contribution in [2.24, 2.45) is 4.99 Å². The second kappa shape index (κ2) is 9.23. The SMILES string of the molecule is C=CCN1C(=O)C(=CC(=O)OC)SC1=Nc1nc[nH]c1C(=O)Nc1ccc(C)cc1. The first-order valence-electron chi connectivity index (χ1n) is 8.83. The topological polar surface area (TPSA) is 117 Å². The van der Waals surface area contributed by atoms with Crippen molar-refractivity contribution in [1.29, 1.82) is 0 Å². The number of anilines is 1. The number of aliphatic imine (C=N–C) groups is 1. The van der Waals surface area contributed by atoms with Crippen LogP contribution in [0.2, 0.25) is 0 Å². The Hall–Kier alpha value is -3.66. The molecule has 1 fully saturated rings. The molecule has 0 radical (unpaired) electrons. The highest BCUT2D eigenvalue weighted by molar-refractivity contribution is 8.18. The number of aromatic nitrogens is 2. The highest BCUT2D eigenvalue weighted by Crippen LogP contribution is 2.33. The highest BCUT2D eigenvalue weighted by atomic mass is 32.2. The van der Waals surface area contributed by atoms with Gasteiger partial charge in [0, 0.05) is 18.3 Å². The van der Waals surface area contributed by atoms with Crippen molar-refractivity contribution >= 4 is 46.2 Å². The minimum Gasteiger partial charge on any atom is -0.466 e. The number of H-pyrrole nitrogens is 1. The standard InChI is InChI=1S/C20H19N5O4S/c1-4-9-25-19(28)14(10-15(26)29-3)30-20(25)24-17-16(21-11-22-17)18(27)23-13-7-5-12(2)6-8-13/h4-8,10-11H,1,9H2,2-3H3,(H,21,22)(H,23,27). The summed E-state index contributed by atoms with van der Waals surface area (Å²) in [5, 5.41) is 3.04. The number of carbonyl (C=O) groups excluding carboxylic acids is 3. The summed E-state index contributed by atoms with van der Waals surface area (Å²) in [6.07, 6.45) is 3.97. The number of rotatable bonds is 6. The van der Waals surface area contributed by atoms with Gasteiger partial charge in [-0.15, -0.1) is 6.58 Å². The van der Waals surface area contributed by atoms with E-state index in [0.29, 0.717) is 5.69 Å². The maximum atomic E-state index is 12.6. The van der Waals surface area contributed by atoms with E-state index in [1.54, 1.807) is 12.1 Å². The molecule has 1 aromatic carbocycles. The molecule has 0 atom stereocenters. The summed E-state index contributed by atoms with van der Waals surface area (Å²) in [6, 6.07) is 7.34. The van der Waals surface area contributed by atoms with E-state index in [4.69, 9.17) is 0 Å². The van der Waals surface area contributed by atoms with Crippen LogP contribution in [0.4, 0.5) is 11.5 Å². The largest absolute Gasteiger partial charge is 0.466 e. The summed E-state index contributed by atoms with van der Waals surface area (Å²) in [5.74, 6) is -1.37. The molecule has 30 heavy (non-hydrogen) atoms. The Balaban J connectivity index is 1.88. The van der Waals surface area contributed by atoms with Gasteiger partial charge in [-0.25, -0.2) is 14.8 Å². The number of esters is 1. The molecule has 0 bridgehead atoms. The van der Waals surface area contributed by atoms with E-state index >= 15 is 0 Å². The van der Waals surface area contributed by atoms with Crippen molar-refractivity contribution in [2.75, 3.05) is 19.0 Å². The minimum absolute atomic E-state index is 0.114. The van der Waals surface area contributed by atoms with E-state index in [9.17, 15) is 14.4 Å². The van der Waals surface area contributed by atoms with Crippen molar-refractivity contribution in [1.82, 2.24) is 14.9 Å². The number of ether oxygens (including phenoxy) is 1. The third-order valence-corrected chi connectivity index (χ3v) is 5.01. The lowest BCUT2D eigenvalue weighted by molar-refractivity contribution is -0.135. The fourth-order valence-electron chi connectivity index (χ4n) is 2.51. The van der Waals surface area contributed by atoms with E-state index in [2.05, 4.69) is 31.6 Å². The first-order valence-corrected chi connectivity index (χ1v) is 9.65. The van der Waals surface area contributed by atoms with Crippen molar-refractivity contribution < 1.29 is 19.1 Å². The van der Waals surface area contributed by atoms with Crippen molar-refractivity contribution in [3.63, 3.8) is 0 Å². The van der Waals surface area contributed by atoms with Gasteiger partial charge in [0.15, 0.2) is 16.7 Å². The van der Waals surface area contributed by atoms with Crippen LogP contribution in [0.15, 0.2) is 59.2 Å². The van der Waals surface area contributed by atoms with Crippen LogP contribution >= 0.6 is 11.8 Å². The van der Waals surface area contributed by atoms with E-state index in [0.717, 1.165) is 23.4 Å². The number of aryl methyl sites for hydroxylation is 1. The van der Waals surface area contributed by atoms with Crippen LogP contribution in [0.1, 0.15) is 16.1 Å². The van der Waals surface area contributed by atoms with Crippen molar-refractivity contribution in [3.05, 3.63) is 65.5 Å². The van der Waals surface area contributed by atoms with Gasteiger partial charge < -0.3 is 15.0 Å². The average molecular weight is 425 g/mol. The van der Waals surface area contributed by atoms with E-state index in [1.165, 1.54) is 24.4 Å². The van der Waals surface area contributed by atoms with Gasteiger partial charge in [0.1, 0.15) is 0 Å². The highest BCUT2D eigenvalue weighted by Gasteiger charge is 2.34. The maximum Gasteiger partial charge on any atom is 0.331 e. The number of amidine groups is 1. The molecular formula is C20H19N5O4S. The molecule has 2 amide bonds. The number of imidazole rings is 1. The smallest absolute Gasteiger partial charge is 0.331 e. The number of thioether (sulfide) groups is 1. The van der Waals surface area contributed by atoms with Crippen LogP contribution in [0, 0.1) is 6.92 Å². The quantitative estimate of drug-likeness (QED) is 0.418. The number of amides is 2. The Kier molecular flexibility index (Phi) is 6.48. The first-order chi connectivity index (χ1) is 14.4. The van der Waals surface area contributed by atoms with Crippen LogP contribution < -0.4 is 5.32 Å². The third kappa shape index (κ3) is 4.66. The molecule has 1 aliphatic rings. The Morgan fingerprint density at radius 2 is 2.10 bits per heavy atom. The number of hydrogen-bond acceptors (Lipinski definition) is 7. The number of nitrogens with zero attached hydrogens (tertiary/aromatic N) is 3. The Bertz CT molecular complexity index is 1060. The predicted molar refractivity (Wildman–Crippen MR) is 114 cm³/mol. The molecule has 10 heteroatoms. The zero-order valence-corrected chi connectivity index (χ0v) is 17.2. The molecule has 1 saturated heterocycles. The normalized spacial score (nSPS) is 16.2. The zero-order valence-electron chi connectivity index (χ0n) is 16.3. The molecule has 2 heterocycles. The predicted octanol–water partition coefficient (Wildman–Crippen LogP) is 2.78. The molecule has 9 nitrogen and oxygen atoms in total. The number of carbonyl (C=O) groups is 3. The average Bonchev–Trinajstić information content (AvgIpc) is 3.30. The number of aromatic amines is 1. The summed E-state index contributed by atoms with van der Waals surface area (Å²) >= 11 is 0.988. The summed E-state index contributed by atoms with van der Waals surface area (Å²) < 4.78 is 4.58. The first kappa shape index (κ1) is 21.1. The van der Waals surface area contributed by atoms with Crippen LogP contribution in [-0.4, -0.2) is 51.5 Å². The summed E-state index contributed by atoms with van der Waals surface area (Å²) in [5.41, 5.74) is 1.84. The zero-order chi connectivity index (χ0) is 21.7. The van der Waals surface area contributed by atoms with Gasteiger partial charge in [-0.05, 0) is 30.8 Å². The summed E-state index contributed by atoms with van der Waals surface area (Å²) in [6.45, 7) is 5.77. The van der Waals surface area contributed by atoms with Crippen LogP contribution in [-0.2, 0) is 14.3 Å². The number of hydrogen-bond donors (Lipinski definition) is 2. The fourth-order valence-corrected chi connectivity index (χ4v) is 3.46. The fraction of sp³-hybridized carbons (Fsp3) is 0.150. The molecule has 154 valence electrons. The van der Waals surface area contributed by atoms with E-state index < -0.39 is 17.8 Å². The van der Waals surface area contributed by atoms with Crippen LogP contribution in [0.25, 0.3) is 0 Å². The van der Waals surface area contributed by atoms with Gasteiger partial charge in [-0.2, -0.15) is 0 Å². The van der Waals surface area contributed by atoms with Crippen molar-refractivity contribution in [3.8, 4) is 0 Å². The molecule has 3 rings (SSSR count). The van der Waals surface area contributed by atoms with Gasteiger partial charge in [-0.1, -0.05) is 23.8 Å². The molecule has 1 aliphatic heterocycles. The van der Waals surface area contributed by atoms with Crippen LogP contribution in [0.5, 0.6) is 0 Å². The summed E-state index contributed by atoms with van der Waals surface area (Å²) in [4.78, 5) is 49.5. The molecule has 2 N–H and O–H groups in total. The monoisotopic (exact) mass is 425 g/mol. The molecular weight excluding hydrogens is 406 g/mol. The lowest BCUT2D eigenvalue weighted by Crippen LogP contribution is -2.29. The Morgan fingerprint density at radius 1 is 1.37 bits per heavy atom. The molecule has 1 aromatic heterocycles. The minimum atomic E-state index is -0.649. The molecule has 2 aromatic rings. The van der Waals surface area contributed by atoms with E-state index in [-0.39, 0.29) is 28.1 Å². The summed E-state index contributed by atoms with van der Waals surface area (Å²) in [7, 11) is 1.22. The second-order valence-electron chi connectivity index (χ2n) is 6.15. The number of benzene rings is 1. The van der Waals surface area contributed by atoms with Gasteiger partial charge in [0.25, 0.3) is 11.8 Å². The second-order valence-corrected chi connectivity index (χ2v) is 7.16.